The van der Waals surface area contributed by atoms with Crippen molar-refractivity contribution >= 4 is 17.4 Å². The van der Waals surface area contributed by atoms with E-state index in [1.54, 1.807) is 12.3 Å². The molecular weight excluding hydrogens is 184 g/mol. The summed E-state index contributed by atoms with van der Waals surface area (Å²) >= 11 is 1.49. The van der Waals surface area contributed by atoms with E-state index >= 15 is 0 Å². The predicted octanol–water partition coefficient (Wildman–Crippen LogP) is 1.53. The average molecular weight is 198 g/mol. The molecule has 0 unspecified atom stereocenters. The lowest BCUT2D eigenvalue weighted by atomic mass is 10.2. The molecule has 0 aliphatic heterocycles. The van der Waals surface area contributed by atoms with Gasteiger partial charge in [0.05, 0.1) is 12.3 Å². The van der Waals surface area contributed by atoms with Crippen LogP contribution < -0.4 is 5.73 Å². The summed E-state index contributed by atoms with van der Waals surface area (Å²) in [5, 5.41) is 9.84. The van der Waals surface area contributed by atoms with Crippen molar-refractivity contribution in [2.75, 3.05) is 12.3 Å². The van der Waals surface area contributed by atoms with Gasteiger partial charge in [-0.1, -0.05) is 11.8 Å². The molecule has 3 nitrogen and oxygen atoms in total. The summed E-state index contributed by atoms with van der Waals surface area (Å²) in [5.74, 6) is 0. The van der Waals surface area contributed by atoms with Gasteiger partial charge in [0.1, 0.15) is 5.03 Å². The molecular formula is C9H14N2OS. The molecule has 1 aromatic rings. The Balaban J connectivity index is 2.80. The number of hydrogen-bond acceptors (Lipinski definition) is 4. The lowest BCUT2D eigenvalue weighted by Gasteiger charge is -2.20. The first-order valence-corrected chi connectivity index (χ1v) is 4.87. The molecule has 1 aromatic heterocycles. The molecule has 1 rings (SSSR count). The van der Waals surface area contributed by atoms with E-state index in [1.807, 2.05) is 19.9 Å². The van der Waals surface area contributed by atoms with Crippen LogP contribution in [0.25, 0.3) is 0 Å². The van der Waals surface area contributed by atoms with Crippen LogP contribution in [0.3, 0.4) is 0 Å². The van der Waals surface area contributed by atoms with Gasteiger partial charge in [-0.05, 0) is 26.0 Å². The summed E-state index contributed by atoms with van der Waals surface area (Å²) in [6.07, 6.45) is 1.70. The first-order valence-electron chi connectivity index (χ1n) is 4.05. The van der Waals surface area contributed by atoms with Crippen molar-refractivity contribution in [3.63, 3.8) is 0 Å². The maximum Gasteiger partial charge on any atom is 0.120 e. The molecule has 0 fully saturated rings. The molecule has 0 spiro atoms. The number of thioether (sulfide) groups is 1. The molecule has 0 radical (unpaired) electrons. The maximum absolute atomic E-state index is 9.06. The van der Waals surface area contributed by atoms with Crippen LogP contribution in [-0.2, 0) is 0 Å². The highest BCUT2D eigenvalue weighted by Gasteiger charge is 2.19. The molecule has 0 aliphatic rings. The highest BCUT2D eigenvalue weighted by molar-refractivity contribution is 8.00. The van der Waals surface area contributed by atoms with Gasteiger partial charge in [0.25, 0.3) is 0 Å². The second-order valence-corrected chi connectivity index (χ2v) is 5.11. The Morgan fingerprint density at radius 2 is 2.31 bits per heavy atom. The SMILES string of the molecule is CC(C)(CO)Sc1ncccc1N. The molecule has 0 amide bonds. The highest BCUT2D eigenvalue weighted by atomic mass is 32.2. The molecule has 72 valence electrons. The number of nitrogen functional groups attached to an aromatic ring is 1. The first-order chi connectivity index (χ1) is 6.05. The number of rotatable bonds is 3. The molecule has 0 bridgehead atoms. The Kier molecular flexibility index (Phi) is 3.17. The topological polar surface area (TPSA) is 59.1 Å². The van der Waals surface area contributed by atoms with Gasteiger partial charge in [0.2, 0.25) is 0 Å². The minimum Gasteiger partial charge on any atom is -0.397 e. The van der Waals surface area contributed by atoms with Crippen LogP contribution >= 0.6 is 11.8 Å². The molecule has 0 saturated heterocycles. The molecule has 0 aliphatic carbocycles. The van der Waals surface area contributed by atoms with Gasteiger partial charge in [-0.15, -0.1) is 0 Å². The van der Waals surface area contributed by atoms with Crippen LogP contribution in [0.2, 0.25) is 0 Å². The minimum atomic E-state index is -0.234. The normalized spacial score (nSPS) is 11.6. The van der Waals surface area contributed by atoms with E-state index in [9.17, 15) is 0 Å². The van der Waals surface area contributed by atoms with Gasteiger partial charge in [-0.2, -0.15) is 0 Å². The van der Waals surface area contributed by atoms with Crippen LogP contribution in [0.5, 0.6) is 0 Å². The van der Waals surface area contributed by atoms with E-state index in [4.69, 9.17) is 10.8 Å². The summed E-state index contributed by atoms with van der Waals surface area (Å²) in [6.45, 7) is 4.01. The number of pyridine rings is 1. The van der Waals surface area contributed by atoms with Gasteiger partial charge in [0.15, 0.2) is 0 Å². The zero-order valence-corrected chi connectivity index (χ0v) is 8.64. The molecule has 0 atom stereocenters. The molecule has 3 N–H and O–H groups in total. The maximum atomic E-state index is 9.06. The Hall–Kier alpha value is -0.740. The van der Waals surface area contributed by atoms with Crippen LogP contribution in [0.4, 0.5) is 5.69 Å². The third kappa shape index (κ3) is 2.90. The number of aliphatic hydroxyl groups excluding tert-OH is 1. The van der Waals surface area contributed by atoms with E-state index in [-0.39, 0.29) is 11.4 Å². The Bertz CT molecular complexity index is 289. The summed E-state index contributed by atoms with van der Waals surface area (Å²) in [6, 6.07) is 3.61. The second-order valence-electron chi connectivity index (χ2n) is 3.42. The van der Waals surface area contributed by atoms with Crippen LogP contribution in [0, 0.1) is 0 Å². The number of aliphatic hydroxyl groups is 1. The highest BCUT2D eigenvalue weighted by Crippen LogP contribution is 2.33. The van der Waals surface area contributed by atoms with Crippen molar-refractivity contribution < 1.29 is 5.11 Å². The van der Waals surface area contributed by atoms with Gasteiger partial charge in [-0.3, -0.25) is 0 Å². The molecule has 4 heteroatoms. The molecule has 13 heavy (non-hydrogen) atoms. The van der Waals surface area contributed by atoms with Gasteiger partial charge < -0.3 is 10.8 Å². The predicted molar refractivity (Wildman–Crippen MR) is 55.7 cm³/mol. The first kappa shape index (κ1) is 10.3. The molecule has 0 saturated carbocycles. The second kappa shape index (κ2) is 3.98. The number of nitrogens with zero attached hydrogens (tertiary/aromatic N) is 1. The summed E-state index contributed by atoms with van der Waals surface area (Å²) in [5.41, 5.74) is 6.38. The molecule has 1 heterocycles. The van der Waals surface area contributed by atoms with E-state index in [0.717, 1.165) is 5.03 Å². The van der Waals surface area contributed by atoms with Crippen molar-refractivity contribution in [2.45, 2.75) is 23.6 Å². The van der Waals surface area contributed by atoms with E-state index in [1.165, 1.54) is 11.8 Å². The lowest BCUT2D eigenvalue weighted by Crippen LogP contribution is -2.20. The van der Waals surface area contributed by atoms with Crippen molar-refractivity contribution in [1.82, 2.24) is 4.98 Å². The fourth-order valence-corrected chi connectivity index (χ4v) is 1.67. The third-order valence-corrected chi connectivity index (χ3v) is 2.77. The van der Waals surface area contributed by atoms with Crippen molar-refractivity contribution in [3.8, 4) is 0 Å². The van der Waals surface area contributed by atoms with Crippen molar-refractivity contribution in [3.05, 3.63) is 18.3 Å². The minimum absolute atomic E-state index is 0.105. The fraction of sp³-hybridized carbons (Fsp3) is 0.444. The zero-order chi connectivity index (χ0) is 9.90. The Morgan fingerprint density at radius 3 is 2.85 bits per heavy atom. The van der Waals surface area contributed by atoms with Crippen LogP contribution in [0.15, 0.2) is 23.4 Å². The Labute approximate surface area is 82.4 Å². The summed E-state index contributed by atoms with van der Waals surface area (Å²) in [4.78, 5) is 4.14. The lowest BCUT2D eigenvalue weighted by molar-refractivity contribution is 0.265. The average Bonchev–Trinajstić information content (AvgIpc) is 2.09. The summed E-state index contributed by atoms with van der Waals surface area (Å²) < 4.78 is -0.234. The van der Waals surface area contributed by atoms with E-state index < -0.39 is 0 Å². The van der Waals surface area contributed by atoms with Crippen LogP contribution in [-0.4, -0.2) is 21.4 Å². The number of aromatic nitrogens is 1. The van der Waals surface area contributed by atoms with Gasteiger partial charge >= 0.3 is 0 Å². The number of nitrogens with two attached hydrogens (primary N) is 1. The zero-order valence-electron chi connectivity index (χ0n) is 7.82. The van der Waals surface area contributed by atoms with Crippen molar-refractivity contribution in [1.29, 1.82) is 0 Å². The third-order valence-electron chi connectivity index (χ3n) is 1.55. The quantitative estimate of drug-likeness (QED) is 0.723. The fourth-order valence-electron chi connectivity index (χ4n) is 0.783. The monoisotopic (exact) mass is 198 g/mol. The van der Waals surface area contributed by atoms with E-state index in [0.29, 0.717) is 5.69 Å². The number of anilines is 1. The van der Waals surface area contributed by atoms with Gasteiger partial charge in [0, 0.05) is 10.9 Å². The Morgan fingerprint density at radius 1 is 1.62 bits per heavy atom. The van der Waals surface area contributed by atoms with Crippen molar-refractivity contribution in [2.24, 2.45) is 0 Å². The smallest absolute Gasteiger partial charge is 0.120 e. The summed E-state index contributed by atoms with van der Waals surface area (Å²) in [7, 11) is 0. The standard InChI is InChI=1S/C9H14N2OS/c1-9(2,6-12)13-8-7(10)4-3-5-11-8/h3-5,12H,6,10H2,1-2H3. The van der Waals surface area contributed by atoms with Gasteiger partial charge in [-0.25, -0.2) is 4.98 Å². The largest absolute Gasteiger partial charge is 0.397 e. The van der Waals surface area contributed by atoms with Crippen LogP contribution in [0.1, 0.15) is 13.8 Å². The molecule has 0 aromatic carbocycles. The number of hydrogen-bond donors (Lipinski definition) is 2. The van der Waals surface area contributed by atoms with E-state index in [2.05, 4.69) is 4.98 Å².